The third-order valence-electron chi connectivity index (χ3n) is 4.99. The molecule has 0 amide bonds. The number of hydrogen-bond acceptors (Lipinski definition) is 5. The van der Waals surface area contributed by atoms with Crippen LogP contribution in [0.3, 0.4) is 0 Å². The largest absolute Gasteiger partial charge is 0.378 e. The fourth-order valence-corrected chi connectivity index (χ4v) is 4.05. The Balaban J connectivity index is 1.67. The van der Waals surface area contributed by atoms with Gasteiger partial charge in [-0.15, -0.1) is 0 Å². The van der Waals surface area contributed by atoms with Crippen LogP contribution in [0.4, 0.5) is 11.4 Å². The maximum Gasteiger partial charge on any atom is 0.0739 e. The molecule has 1 saturated heterocycles. The van der Waals surface area contributed by atoms with Gasteiger partial charge < -0.3 is 19.1 Å². The lowest BCUT2D eigenvalue weighted by Gasteiger charge is -2.33. The lowest BCUT2D eigenvalue weighted by atomic mass is 9.94. The molecule has 2 aromatic carbocycles. The molecule has 1 N–H and O–H groups in total. The molecule has 26 heavy (non-hydrogen) atoms. The van der Waals surface area contributed by atoms with Crippen LogP contribution in [0.25, 0.3) is 11.1 Å². The van der Waals surface area contributed by atoms with E-state index in [-0.39, 0.29) is 0 Å². The molecule has 2 aromatic rings. The minimum absolute atomic E-state index is 0.722. The summed E-state index contributed by atoms with van der Waals surface area (Å²) in [6.45, 7) is 7.19. The van der Waals surface area contributed by atoms with E-state index in [9.17, 15) is 0 Å². The predicted molar refractivity (Wildman–Crippen MR) is 110 cm³/mol. The lowest BCUT2D eigenvalue weighted by Crippen LogP contribution is -2.37. The average Bonchev–Trinajstić information content (AvgIpc) is 2.72. The van der Waals surface area contributed by atoms with E-state index in [2.05, 4.69) is 52.9 Å². The summed E-state index contributed by atoms with van der Waals surface area (Å²) in [5.41, 5.74) is 7.82. The molecule has 0 atom stereocenters. The Morgan fingerprint density at radius 2 is 1.81 bits per heavy atom. The number of hydrogen-bond donors (Lipinski definition) is 1. The number of benzene rings is 2. The zero-order valence-corrected chi connectivity index (χ0v) is 16.1. The van der Waals surface area contributed by atoms with Crippen molar-refractivity contribution in [1.82, 2.24) is 0 Å². The molecule has 0 aliphatic carbocycles. The molecule has 0 radical (unpaired) electrons. The molecule has 138 valence electrons. The maximum absolute atomic E-state index is 5.76. The molecule has 5 heteroatoms. The topological polar surface area (TPSA) is 33.7 Å². The van der Waals surface area contributed by atoms with Crippen LogP contribution in [0.15, 0.2) is 36.4 Å². The number of nitrogens with zero attached hydrogens (tertiary/aromatic N) is 1. The first-order valence-corrected chi connectivity index (χ1v) is 10.4. The Bertz CT molecular complexity index is 742. The standard InChI is InChI=1S/C21H26N2O2S/c1-2-26-22-19-5-3-16(4-6-19)18-13-17-7-10-25-15-20(17)21(14-18)23-8-11-24-12-9-23/h3-6,13-14,22H,2,7-12,15H2,1H3. The molecule has 2 heterocycles. The molecule has 2 aliphatic rings. The van der Waals surface area contributed by atoms with Crippen LogP contribution in [0.5, 0.6) is 0 Å². The van der Waals surface area contributed by atoms with Gasteiger partial charge in [0.25, 0.3) is 0 Å². The highest BCUT2D eigenvalue weighted by atomic mass is 32.2. The Kier molecular flexibility index (Phi) is 5.68. The predicted octanol–water partition coefficient (Wildman–Crippen LogP) is 4.34. The molecule has 2 aliphatic heterocycles. The second kappa shape index (κ2) is 8.33. The number of rotatable bonds is 5. The van der Waals surface area contributed by atoms with E-state index in [0.717, 1.165) is 57.4 Å². The van der Waals surface area contributed by atoms with Crippen LogP contribution >= 0.6 is 11.9 Å². The van der Waals surface area contributed by atoms with Crippen molar-refractivity contribution < 1.29 is 9.47 Å². The van der Waals surface area contributed by atoms with Crippen LogP contribution < -0.4 is 9.62 Å². The van der Waals surface area contributed by atoms with Gasteiger partial charge in [0.2, 0.25) is 0 Å². The van der Waals surface area contributed by atoms with Crippen molar-refractivity contribution in [2.24, 2.45) is 0 Å². The first-order chi connectivity index (χ1) is 12.8. The van der Waals surface area contributed by atoms with E-state index >= 15 is 0 Å². The molecule has 1 fully saturated rings. The van der Waals surface area contributed by atoms with Gasteiger partial charge in [-0.25, -0.2) is 0 Å². The van der Waals surface area contributed by atoms with Gasteiger partial charge in [-0.05, 0) is 41.3 Å². The number of anilines is 2. The monoisotopic (exact) mass is 370 g/mol. The maximum atomic E-state index is 5.76. The first kappa shape index (κ1) is 17.7. The summed E-state index contributed by atoms with van der Waals surface area (Å²) in [4.78, 5) is 2.45. The normalized spacial score (nSPS) is 17.0. The van der Waals surface area contributed by atoms with Gasteiger partial charge in [0.1, 0.15) is 0 Å². The third kappa shape index (κ3) is 3.85. The lowest BCUT2D eigenvalue weighted by molar-refractivity contribution is 0.109. The molecule has 0 aromatic heterocycles. The third-order valence-corrected chi connectivity index (χ3v) is 5.65. The van der Waals surface area contributed by atoms with Gasteiger partial charge in [-0.2, -0.15) is 0 Å². The minimum atomic E-state index is 0.722. The van der Waals surface area contributed by atoms with Crippen LogP contribution in [0, 0.1) is 0 Å². The summed E-state index contributed by atoms with van der Waals surface area (Å²) in [6.07, 6.45) is 0.993. The van der Waals surface area contributed by atoms with Crippen LogP contribution in [0.2, 0.25) is 0 Å². The first-order valence-electron chi connectivity index (χ1n) is 9.39. The van der Waals surface area contributed by atoms with Crippen molar-refractivity contribution >= 4 is 23.3 Å². The van der Waals surface area contributed by atoms with Crippen molar-refractivity contribution in [2.45, 2.75) is 20.0 Å². The highest BCUT2D eigenvalue weighted by Crippen LogP contribution is 2.35. The summed E-state index contributed by atoms with van der Waals surface area (Å²) in [5, 5.41) is 0. The molecule has 0 unspecified atom stereocenters. The molecule has 4 nitrogen and oxygen atoms in total. The van der Waals surface area contributed by atoms with E-state index in [1.807, 2.05) is 0 Å². The van der Waals surface area contributed by atoms with E-state index in [1.165, 1.54) is 27.9 Å². The molecule has 0 bridgehead atoms. The number of nitrogens with one attached hydrogen (secondary N) is 1. The van der Waals surface area contributed by atoms with E-state index in [4.69, 9.17) is 9.47 Å². The molecule has 0 saturated carbocycles. The number of fused-ring (bicyclic) bond motifs is 1. The van der Waals surface area contributed by atoms with Crippen molar-refractivity contribution in [3.05, 3.63) is 47.5 Å². The van der Waals surface area contributed by atoms with Crippen LogP contribution in [-0.4, -0.2) is 38.7 Å². The van der Waals surface area contributed by atoms with Crippen molar-refractivity contribution in [1.29, 1.82) is 0 Å². The van der Waals surface area contributed by atoms with Crippen molar-refractivity contribution in [2.75, 3.05) is 48.3 Å². The smallest absolute Gasteiger partial charge is 0.0739 e. The Morgan fingerprint density at radius 1 is 1.00 bits per heavy atom. The van der Waals surface area contributed by atoms with Crippen LogP contribution in [-0.2, 0) is 22.5 Å². The van der Waals surface area contributed by atoms with Crippen molar-refractivity contribution in [3.8, 4) is 11.1 Å². The van der Waals surface area contributed by atoms with Gasteiger partial charge in [-0.1, -0.05) is 37.1 Å². The molecular formula is C21H26N2O2S. The highest BCUT2D eigenvalue weighted by Gasteiger charge is 2.21. The molecule has 4 rings (SSSR count). The van der Waals surface area contributed by atoms with Gasteiger partial charge in [0, 0.05) is 35.8 Å². The second-order valence-electron chi connectivity index (χ2n) is 6.65. The minimum Gasteiger partial charge on any atom is -0.378 e. The summed E-state index contributed by atoms with van der Waals surface area (Å²) >= 11 is 1.72. The second-order valence-corrected chi connectivity index (χ2v) is 7.72. The van der Waals surface area contributed by atoms with E-state index < -0.39 is 0 Å². The van der Waals surface area contributed by atoms with Gasteiger partial charge in [0.15, 0.2) is 0 Å². The number of morpholine rings is 1. The summed E-state index contributed by atoms with van der Waals surface area (Å²) in [5.74, 6) is 1.05. The van der Waals surface area contributed by atoms with Gasteiger partial charge in [0.05, 0.1) is 26.4 Å². The summed E-state index contributed by atoms with van der Waals surface area (Å²) < 4.78 is 14.7. The van der Waals surface area contributed by atoms with E-state index in [0.29, 0.717) is 0 Å². The zero-order valence-electron chi connectivity index (χ0n) is 15.3. The summed E-state index contributed by atoms with van der Waals surface area (Å²) in [6, 6.07) is 13.4. The SMILES string of the molecule is CCSNc1ccc(-c2cc3c(c(N4CCOCC4)c2)COCC3)cc1. The fourth-order valence-electron chi connectivity index (χ4n) is 3.60. The van der Waals surface area contributed by atoms with E-state index in [1.54, 1.807) is 11.9 Å². The Hall–Kier alpha value is -1.69. The Labute approximate surface area is 160 Å². The average molecular weight is 371 g/mol. The van der Waals surface area contributed by atoms with Crippen molar-refractivity contribution in [3.63, 3.8) is 0 Å². The molecule has 0 spiro atoms. The van der Waals surface area contributed by atoms with Gasteiger partial charge in [-0.3, -0.25) is 0 Å². The van der Waals surface area contributed by atoms with Gasteiger partial charge >= 0.3 is 0 Å². The zero-order chi connectivity index (χ0) is 17.8. The Morgan fingerprint density at radius 3 is 2.58 bits per heavy atom. The summed E-state index contributed by atoms with van der Waals surface area (Å²) in [7, 11) is 0. The molecular weight excluding hydrogens is 344 g/mol. The highest BCUT2D eigenvalue weighted by molar-refractivity contribution is 8.00. The number of ether oxygens (including phenoxy) is 2. The van der Waals surface area contributed by atoms with Crippen LogP contribution in [0.1, 0.15) is 18.1 Å². The fraction of sp³-hybridized carbons (Fsp3) is 0.429. The quantitative estimate of drug-likeness (QED) is 0.792.